The molecule has 0 saturated carbocycles. The lowest BCUT2D eigenvalue weighted by atomic mass is 10.2. The highest BCUT2D eigenvalue weighted by molar-refractivity contribution is 7.93. The van der Waals surface area contributed by atoms with Crippen LogP contribution in [0, 0.1) is 0 Å². The molecule has 1 unspecified atom stereocenters. The lowest BCUT2D eigenvalue weighted by molar-refractivity contribution is -0.124. The van der Waals surface area contributed by atoms with Crippen LogP contribution in [0.15, 0.2) is 60.7 Å². The second-order valence-electron chi connectivity index (χ2n) is 7.45. The van der Waals surface area contributed by atoms with Gasteiger partial charge in [-0.05, 0) is 48.7 Å². The molecular formula is C22H25N3O3S. The number of likely N-dealkylation sites (tertiary alicyclic amines) is 1. The number of carbonyl (C=O) groups is 1. The van der Waals surface area contributed by atoms with Crippen molar-refractivity contribution in [3.8, 4) is 0 Å². The normalized spacial score (nSPS) is 21.0. The van der Waals surface area contributed by atoms with Crippen molar-refractivity contribution in [3.05, 3.63) is 66.2 Å². The Morgan fingerprint density at radius 2 is 1.79 bits per heavy atom. The molecule has 1 atom stereocenters. The lowest BCUT2D eigenvalue weighted by Gasteiger charge is -2.17. The maximum atomic E-state index is 12.5. The van der Waals surface area contributed by atoms with Crippen molar-refractivity contribution in [1.82, 2.24) is 4.90 Å². The van der Waals surface area contributed by atoms with Gasteiger partial charge in [-0.1, -0.05) is 30.3 Å². The van der Waals surface area contributed by atoms with Gasteiger partial charge in [0.25, 0.3) is 0 Å². The van der Waals surface area contributed by atoms with E-state index < -0.39 is 10.0 Å². The Morgan fingerprint density at radius 1 is 1.03 bits per heavy atom. The topological polar surface area (TPSA) is 69.7 Å². The van der Waals surface area contributed by atoms with Crippen molar-refractivity contribution in [1.29, 1.82) is 0 Å². The van der Waals surface area contributed by atoms with Gasteiger partial charge >= 0.3 is 0 Å². The molecule has 0 aliphatic carbocycles. The first-order valence-corrected chi connectivity index (χ1v) is 11.5. The summed E-state index contributed by atoms with van der Waals surface area (Å²) in [6.07, 6.45) is 4.96. The van der Waals surface area contributed by atoms with E-state index >= 15 is 0 Å². The zero-order valence-corrected chi connectivity index (χ0v) is 17.0. The minimum absolute atomic E-state index is 0.00596. The molecule has 0 aromatic heterocycles. The van der Waals surface area contributed by atoms with Crippen molar-refractivity contribution < 1.29 is 13.2 Å². The maximum Gasteiger partial charge on any atom is 0.246 e. The van der Waals surface area contributed by atoms with Crippen LogP contribution in [0.1, 0.15) is 18.4 Å². The Balaban J connectivity index is 1.33. The summed E-state index contributed by atoms with van der Waals surface area (Å²) < 4.78 is 25.5. The molecule has 4 rings (SSSR count). The maximum absolute atomic E-state index is 12.5. The SMILES string of the molecule is O=C(/C=C/c1ccc(N2CCCS2(=O)=O)cc1)N1CCC(Nc2ccccc2)C1. The third-order valence-electron chi connectivity index (χ3n) is 5.34. The molecule has 2 fully saturated rings. The predicted octanol–water partition coefficient (Wildman–Crippen LogP) is 2.95. The summed E-state index contributed by atoms with van der Waals surface area (Å²) >= 11 is 0. The molecule has 0 spiro atoms. The molecule has 2 aliphatic heterocycles. The Morgan fingerprint density at radius 3 is 2.48 bits per heavy atom. The first-order chi connectivity index (χ1) is 14.0. The number of hydrogen-bond donors (Lipinski definition) is 1. The molecule has 2 aromatic carbocycles. The van der Waals surface area contributed by atoms with E-state index in [-0.39, 0.29) is 17.7 Å². The highest BCUT2D eigenvalue weighted by Crippen LogP contribution is 2.24. The number of para-hydroxylation sites is 1. The van der Waals surface area contributed by atoms with Crippen LogP contribution >= 0.6 is 0 Å². The smallest absolute Gasteiger partial charge is 0.246 e. The van der Waals surface area contributed by atoms with E-state index in [9.17, 15) is 13.2 Å². The van der Waals surface area contributed by atoms with Gasteiger partial charge in [0.15, 0.2) is 0 Å². The first kappa shape index (κ1) is 19.5. The highest BCUT2D eigenvalue weighted by atomic mass is 32.2. The van der Waals surface area contributed by atoms with E-state index in [1.165, 1.54) is 4.31 Å². The van der Waals surface area contributed by atoms with E-state index in [2.05, 4.69) is 5.32 Å². The van der Waals surface area contributed by atoms with E-state index in [0.29, 0.717) is 25.2 Å². The minimum Gasteiger partial charge on any atom is -0.380 e. The molecule has 2 heterocycles. The molecule has 1 N–H and O–H groups in total. The van der Waals surface area contributed by atoms with Gasteiger partial charge in [-0.15, -0.1) is 0 Å². The summed E-state index contributed by atoms with van der Waals surface area (Å²) in [5.74, 6) is 0.201. The quantitative estimate of drug-likeness (QED) is 0.768. The Hall–Kier alpha value is -2.80. The van der Waals surface area contributed by atoms with Gasteiger partial charge in [0.1, 0.15) is 0 Å². The standard InChI is InChI=1S/C22H25N3O3S/c26-22(24-15-13-20(17-24)23-19-5-2-1-3-6-19)12-9-18-7-10-21(11-8-18)25-14-4-16-29(25,27)28/h1-3,5-12,20,23H,4,13-17H2/b12-9+. The van der Waals surface area contributed by atoms with Crippen molar-refractivity contribution in [2.75, 3.05) is 35.0 Å². The van der Waals surface area contributed by atoms with E-state index in [1.807, 2.05) is 47.4 Å². The number of hydrogen-bond acceptors (Lipinski definition) is 4. The Bertz CT molecular complexity index is 988. The molecule has 7 heteroatoms. The summed E-state index contributed by atoms with van der Waals surface area (Å²) in [4.78, 5) is 14.4. The summed E-state index contributed by atoms with van der Waals surface area (Å²) in [7, 11) is -3.17. The number of nitrogens with zero attached hydrogens (tertiary/aromatic N) is 2. The fraction of sp³-hybridized carbons (Fsp3) is 0.318. The molecule has 0 radical (unpaired) electrons. The van der Waals surface area contributed by atoms with Crippen molar-refractivity contribution in [2.45, 2.75) is 18.9 Å². The zero-order valence-electron chi connectivity index (χ0n) is 16.2. The average Bonchev–Trinajstić information content (AvgIpc) is 3.33. The summed E-state index contributed by atoms with van der Waals surface area (Å²) in [6.45, 7) is 1.95. The van der Waals surface area contributed by atoms with Crippen LogP contribution in [0.4, 0.5) is 11.4 Å². The molecule has 0 bridgehead atoms. The van der Waals surface area contributed by atoms with Crippen LogP contribution in [-0.2, 0) is 14.8 Å². The second-order valence-corrected chi connectivity index (χ2v) is 9.46. The number of rotatable bonds is 5. The van der Waals surface area contributed by atoms with Crippen LogP contribution < -0.4 is 9.62 Å². The van der Waals surface area contributed by atoms with Crippen LogP contribution in [0.2, 0.25) is 0 Å². The number of sulfonamides is 1. The number of nitrogens with one attached hydrogen (secondary N) is 1. The molecule has 2 aromatic rings. The number of anilines is 2. The van der Waals surface area contributed by atoms with Gasteiger partial charge in [-0.2, -0.15) is 0 Å². The van der Waals surface area contributed by atoms with E-state index in [1.54, 1.807) is 24.3 Å². The molecule has 2 saturated heterocycles. The van der Waals surface area contributed by atoms with Crippen molar-refractivity contribution in [2.24, 2.45) is 0 Å². The first-order valence-electron chi connectivity index (χ1n) is 9.90. The Kier molecular flexibility index (Phi) is 5.58. The van der Waals surface area contributed by atoms with Crippen LogP contribution in [0.25, 0.3) is 6.08 Å². The van der Waals surface area contributed by atoms with Gasteiger partial charge in [0.05, 0.1) is 11.4 Å². The number of benzene rings is 2. The number of carbonyl (C=O) groups excluding carboxylic acids is 1. The lowest BCUT2D eigenvalue weighted by Crippen LogP contribution is -2.30. The molecule has 6 nitrogen and oxygen atoms in total. The summed E-state index contributed by atoms with van der Waals surface area (Å²) in [5.41, 5.74) is 2.62. The van der Waals surface area contributed by atoms with Crippen LogP contribution in [0.5, 0.6) is 0 Å². The summed E-state index contributed by atoms with van der Waals surface area (Å²) in [6, 6.07) is 17.6. The van der Waals surface area contributed by atoms with Gasteiger partial charge < -0.3 is 10.2 Å². The zero-order chi connectivity index (χ0) is 20.3. The van der Waals surface area contributed by atoms with Gasteiger partial charge in [-0.3, -0.25) is 9.10 Å². The second kappa shape index (κ2) is 8.29. The third-order valence-corrected chi connectivity index (χ3v) is 7.21. The Labute approximate surface area is 171 Å². The average molecular weight is 412 g/mol. The summed E-state index contributed by atoms with van der Waals surface area (Å²) in [5, 5.41) is 3.47. The third kappa shape index (κ3) is 4.62. The fourth-order valence-corrected chi connectivity index (χ4v) is 5.37. The highest BCUT2D eigenvalue weighted by Gasteiger charge is 2.28. The molecule has 1 amide bonds. The van der Waals surface area contributed by atoms with Crippen molar-refractivity contribution in [3.63, 3.8) is 0 Å². The predicted molar refractivity (Wildman–Crippen MR) is 116 cm³/mol. The fourth-order valence-electron chi connectivity index (χ4n) is 3.80. The van der Waals surface area contributed by atoms with Crippen LogP contribution in [0.3, 0.4) is 0 Å². The van der Waals surface area contributed by atoms with Crippen LogP contribution in [-0.4, -0.2) is 50.7 Å². The minimum atomic E-state index is -3.17. The van der Waals surface area contributed by atoms with E-state index in [0.717, 1.165) is 24.2 Å². The van der Waals surface area contributed by atoms with Gasteiger partial charge in [0, 0.05) is 37.4 Å². The largest absolute Gasteiger partial charge is 0.380 e. The number of amides is 1. The molecular weight excluding hydrogens is 386 g/mol. The molecule has 29 heavy (non-hydrogen) atoms. The monoisotopic (exact) mass is 411 g/mol. The van der Waals surface area contributed by atoms with Crippen molar-refractivity contribution >= 4 is 33.4 Å². The molecule has 152 valence electrons. The van der Waals surface area contributed by atoms with E-state index in [4.69, 9.17) is 0 Å². The molecule has 2 aliphatic rings. The van der Waals surface area contributed by atoms with Gasteiger partial charge in [-0.25, -0.2) is 8.42 Å². The van der Waals surface area contributed by atoms with Gasteiger partial charge in [0.2, 0.25) is 15.9 Å².